The van der Waals surface area contributed by atoms with Crippen LogP contribution in [0.2, 0.25) is 5.02 Å². The lowest BCUT2D eigenvalue weighted by molar-refractivity contribution is -0.137. The molecule has 15 heteroatoms. The average Bonchev–Trinajstić information content (AvgIpc) is 3.86. The van der Waals surface area contributed by atoms with E-state index in [1.54, 1.807) is 0 Å². The monoisotopic (exact) mass is 613 g/mol. The number of aromatic nitrogens is 2. The lowest BCUT2D eigenvalue weighted by Gasteiger charge is -2.34. The zero-order chi connectivity index (χ0) is 29.2. The van der Waals surface area contributed by atoms with Crippen molar-refractivity contribution in [2.75, 3.05) is 31.5 Å². The van der Waals surface area contributed by atoms with Gasteiger partial charge in [-0.05, 0) is 62.1 Å². The first-order valence-corrected chi connectivity index (χ1v) is 14.8. The Bertz CT molecular complexity index is 1570. The molecule has 6 rings (SSSR count). The van der Waals surface area contributed by atoms with E-state index in [1.807, 2.05) is 0 Å². The first kappa shape index (κ1) is 27.9. The number of urea groups is 1. The molecule has 1 aliphatic heterocycles. The summed E-state index contributed by atoms with van der Waals surface area (Å²) in [7, 11) is -3.32. The van der Waals surface area contributed by atoms with E-state index in [4.69, 9.17) is 16.1 Å². The molecule has 0 radical (unpaired) electrons. The fraction of sp³-hybridized carbons (Fsp3) is 0.423. The number of halogens is 5. The lowest BCUT2D eigenvalue weighted by Crippen LogP contribution is -2.52. The molecule has 0 bridgehead atoms. The van der Waals surface area contributed by atoms with Crippen LogP contribution in [0.3, 0.4) is 0 Å². The molecule has 41 heavy (non-hydrogen) atoms. The summed E-state index contributed by atoms with van der Waals surface area (Å²) in [6.07, 6.45) is -2.21. The molecule has 2 heterocycles. The highest BCUT2D eigenvalue weighted by atomic mass is 35.5. The normalized spacial score (nSPS) is 19.3. The maximum Gasteiger partial charge on any atom is 0.416 e. The van der Waals surface area contributed by atoms with Crippen LogP contribution >= 0.6 is 11.6 Å². The molecule has 1 aromatic heterocycles. The third-order valence-corrected chi connectivity index (χ3v) is 10.4. The molecule has 1 N–H and O–H groups in total. The van der Waals surface area contributed by atoms with Crippen LogP contribution in [0.1, 0.15) is 42.6 Å². The highest BCUT2D eigenvalue weighted by Gasteiger charge is 2.53. The molecule has 9 nitrogen and oxygen atoms in total. The molecule has 3 aliphatic rings. The Morgan fingerprint density at radius 1 is 1.07 bits per heavy atom. The highest BCUT2D eigenvalue weighted by Crippen LogP contribution is 2.55. The minimum atomic E-state index is -4.48. The van der Waals surface area contributed by atoms with Crippen molar-refractivity contribution in [1.82, 2.24) is 19.3 Å². The van der Waals surface area contributed by atoms with Crippen LogP contribution in [0.5, 0.6) is 0 Å². The number of anilines is 1. The van der Waals surface area contributed by atoms with E-state index in [9.17, 15) is 26.4 Å². The number of carbonyl (C=O) groups excluding carboxylic acids is 1. The Balaban J connectivity index is 1.15. The Hall–Kier alpha value is -3.23. The van der Waals surface area contributed by atoms with Crippen molar-refractivity contribution in [2.45, 2.75) is 42.5 Å². The second-order valence-corrected chi connectivity index (χ2v) is 13.1. The molecule has 0 unspecified atom stereocenters. The quantitative estimate of drug-likeness (QED) is 0.380. The predicted octanol–water partition coefficient (Wildman–Crippen LogP) is 5.27. The fourth-order valence-corrected chi connectivity index (χ4v) is 7.29. The molecule has 218 valence electrons. The summed E-state index contributed by atoms with van der Waals surface area (Å²) in [5.74, 6) is -0.541. The molecule has 2 saturated carbocycles. The molecule has 1 saturated heterocycles. The van der Waals surface area contributed by atoms with Crippen molar-refractivity contribution in [1.29, 1.82) is 0 Å². The van der Waals surface area contributed by atoms with Gasteiger partial charge in [-0.2, -0.15) is 22.5 Å². The molecule has 3 aromatic rings. The number of nitrogens with one attached hydrogen (secondary N) is 1. The number of hydrogen-bond acceptors (Lipinski definition) is 6. The second kappa shape index (κ2) is 9.95. The highest BCUT2D eigenvalue weighted by molar-refractivity contribution is 7.90. The number of piperazine rings is 1. The summed E-state index contributed by atoms with van der Waals surface area (Å²) in [4.78, 5) is 18.6. The van der Waals surface area contributed by atoms with Crippen LogP contribution in [0, 0.1) is 5.82 Å². The number of carbonyl (C=O) groups is 1. The Labute approximate surface area is 237 Å². The molecular formula is C26H24ClF4N5O4S. The van der Waals surface area contributed by atoms with E-state index >= 15 is 4.39 Å². The van der Waals surface area contributed by atoms with Crippen molar-refractivity contribution in [3.63, 3.8) is 0 Å². The van der Waals surface area contributed by atoms with Crippen LogP contribution < -0.4 is 5.32 Å². The van der Waals surface area contributed by atoms with E-state index < -0.39 is 39.0 Å². The van der Waals surface area contributed by atoms with E-state index in [0.717, 1.165) is 18.2 Å². The fourth-order valence-electron chi connectivity index (χ4n) is 5.07. The van der Waals surface area contributed by atoms with Gasteiger partial charge in [0.05, 0.1) is 16.2 Å². The lowest BCUT2D eigenvalue weighted by atomic mass is 9.94. The SMILES string of the molecule is O=C(Nc1cc(F)c(C2(c3noc(-c4ccc(C(F)(F)F)cc4)n3)CC2)c(Cl)c1)N1CCN(S(=O)(=O)C2CC2)CC1. The van der Waals surface area contributed by atoms with Gasteiger partial charge in [0, 0.05) is 48.0 Å². The topological polar surface area (TPSA) is 109 Å². The number of amides is 2. The largest absolute Gasteiger partial charge is 0.416 e. The van der Waals surface area contributed by atoms with Crippen molar-refractivity contribution in [3.05, 3.63) is 64.2 Å². The van der Waals surface area contributed by atoms with Gasteiger partial charge in [0.2, 0.25) is 10.0 Å². The molecule has 3 fully saturated rings. The molecule has 2 amide bonds. The van der Waals surface area contributed by atoms with Gasteiger partial charge >= 0.3 is 12.2 Å². The summed E-state index contributed by atoms with van der Waals surface area (Å²) in [5.41, 5.74) is -1.24. The van der Waals surface area contributed by atoms with Crippen LogP contribution in [0.4, 0.5) is 28.0 Å². The summed E-state index contributed by atoms with van der Waals surface area (Å²) < 4.78 is 85.6. The Morgan fingerprint density at radius 3 is 2.29 bits per heavy atom. The van der Waals surface area contributed by atoms with E-state index in [-0.39, 0.29) is 65.0 Å². The van der Waals surface area contributed by atoms with Crippen molar-refractivity contribution >= 4 is 33.3 Å². The van der Waals surface area contributed by atoms with Crippen LogP contribution in [-0.2, 0) is 21.6 Å². The molecular weight excluding hydrogens is 590 g/mol. The molecule has 2 aliphatic carbocycles. The van der Waals surface area contributed by atoms with Gasteiger partial charge in [-0.3, -0.25) is 0 Å². The van der Waals surface area contributed by atoms with Crippen LogP contribution in [0.15, 0.2) is 40.9 Å². The summed E-state index contributed by atoms with van der Waals surface area (Å²) in [5, 5.41) is 6.32. The average molecular weight is 614 g/mol. The van der Waals surface area contributed by atoms with Gasteiger partial charge in [0.25, 0.3) is 5.89 Å². The van der Waals surface area contributed by atoms with Gasteiger partial charge < -0.3 is 14.7 Å². The third kappa shape index (κ3) is 5.28. The Kier molecular flexibility index (Phi) is 6.77. The number of hydrogen-bond donors (Lipinski definition) is 1. The van der Waals surface area contributed by atoms with Crippen molar-refractivity contribution < 1.29 is 35.3 Å². The zero-order valence-electron chi connectivity index (χ0n) is 21.4. The molecule has 2 aromatic carbocycles. The first-order valence-electron chi connectivity index (χ1n) is 12.9. The molecule has 0 spiro atoms. The summed E-state index contributed by atoms with van der Waals surface area (Å²) >= 11 is 6.50. The number of alkyl halides is 3. The van der Waals surface area contributed by atoms with Gasteiger partial charge in [-0.15, -0.1) is 0 Å². The standard InChI is InChI=1S/C26H24ClF4N5O4S/c27-19-13-17(32-24(37)35-9-11-36(12-10-35)41(38,39)18-5-6-18)14-20(28)21(19)25(7-8-25)23-33-22(40-34-23)15-1-3-16(4-2-15)26(29,30)31/h1-4,13-14,18H,5-12H2,(H,32,37). The summed E-state index contributed by atoms with van der Waals surface area (Å²) in [6.45, 7) is 0.798. The van der Waals surface area contributed by atoms with Crippen molar-refractivity contribution in [2.24, 2.45) is 0 Å². The minimum absolute atomic E-state index is 0.00885. The van der Waals surface area contributed by atoms with E-state index in [0.29, 0.717) is 25.7 Å². The Morgan fingerprint density at radius 2 is 1.73 bits per heavy atom. The smallest absolute Gasteiger partial charge is 0.334 e. The maximum absolute atomic E-state index is 15.5. The number of rotatable bonds is 6. The maximum atomic E-state index is 15.5. The van der Waals surface area contributed by atoms with E-state index in [1.165, 1.54) is 27.4 Å². The molecule has 0 atom stereocenters. The number of benzene rings is 2. The second-order valence-electron chi connectivity index (χ2n) is 10.5. The van der Waals surface area contributed by atoms with Crippen molar-refractivity contribution in [3.8, 4) is 11.5 Å². The predicted molar refractivity (Wildman–Crippen MR) is 140 cm³/mol. The summed E-state index contributed by atoms with van der Waals surface area (Å²) in [6, 6.07) is 6.31. The van der Waals surface area contributed by atoms with Gasteiger partial charge in [-0.25, -0.2) is 17.6 Å². The van der Waals surface area contributed by atoms with Gasteiger partial charge in [0.15, 0.2) is 5.82 Å². The zero-order valence-corrected chi connectivity index (χ0v) is 23.0. The third-order valence-electron chi connectivity index (χ3n) is 7.67. The number of nitrogens with zero attached hydrogens (tertiary/aromatic N) is 4. The minimum Gasteiger partial charge on any atom is -0.334 e. The first-order chi connectivity index (χ1) is 19.4. The number of sulfonamides is 1. The van der Waals surface area contributed by atoms with Gasteiger partial charge in [0.1, 0.15) is 5.82 Å². The van der Waals surface area contributed by atoms with Crippen LogP contribution in [-0.4, -0.2) is 65.2 Å². The van der Waals surface area contributed by atoms with E-state index in [2.05, 4.69) is 15.5 Å². The van der Waals surface area contributed by atoms with Gasteiger partial charge in [-0.1, -0.05) is 16.8 Å². The van der Waals surface area contributed by atoms with Crippen LogP contribution in [0.25, 0.3) is 11.5 Å².